The number of hydrogen-bond acceptors (Lipinski definition) is 3. The summed E-state index contributed by atoms with van der Waals surface area (Å²) in [4.78, 5) is 9.74. The van der Waals surface area contributed by atoms with Crippen LogP contribution in [0.4, 0.5) is 8.78 Å². The SMILES string of the molecule is C=C(C=O)/C=C\C.CCCOc1ccc(F)c(/C(C)=C\F)c1.CO. The lowest BCUT2D eigenvalue weighted by Gasteiger charge is -2.07. The van der Waals surface area contributed by atoms with Crippen LogP contribution in [0.15, 0.2) is 48.8 Å². The van der Waals surface area contributed by atoms with Gasteiger partial charge < -0.3 is 9.84 Å². The third kappa shape index (κ3) is 10.5. The molecule has 0 bridgehead atoms. The Kier molecular flexibility index (Phi) is 15.6. The zero-order valence-electron chi connectivity index (χ0n) is 14.7. The minimum absolute atomic E-state index is 0.242. The molecule has 0 heterocycles. The van der Waals surface area contributed by atoms with E-state index < -0.39 is 5.82 Å². The van der Waals surface area contributed by atoms with Crippen molar-refractivity contribution in [2.24, 2.45) is 0 Å². The van der Waals surface area contributed by atoms with E-state index in [2.05, 4.69) is 6.58 Å². The number of benzene rings is 1. The van der Waals surface area contributed by atoms with Crippen LogP contribution in [0.25, 0.3) is 5.57 Å². The first-order chi connectivity index (χ1) is 11.5. The average molecular weight is 340 g/mol. The maximum Gasteiger partial charge on any atom is 0.149 e. The summed E-state index contributed by atoms with van der Waals surface area (Å²) in [7, 11) is 1.00. The molecule has 3 nitrogen and oxygen atoms in total. The average Bonchev–Trinajstić information content (AvgIpc) is 2.62. The molecular weight excluding hydrogens is 314 g/mol. The van der Waals surface area contributed by atoms with Crippen molar-refractivity contribution in [3.05, 3.63) is 60.2 Å². The van der Waals surface area contributed by atoms with Gasteiger partial charge in [-0.3, -0.25) is 4.79 Å². The normalized spacial score (nSPS) is 10.2. The van der Waals surface area contributed by atoms with Gasteiger partial charge in [0.25, 0.3) is 0 Å². The van der Waals surface area contributed by atoms with Crippen molar-refractivity contribution in [2.75, 3.05) is 13.7 Å². The highest BCUT2D eigenvalue weighted by Crippen LogP contribution is 2.23. The molecular formula is C19H26F2O3. The molecule has 1 N–H and O–H groups in total. The number of ether oxygens (including phenoxy) is 1. The fourth-order valence-electron chi connectivity index (χ4n) is 1.43. The van der Waals surface area contributed by atoms with E-state index >= 15 is 0 Å². The predicted molar refractivity (Wildman–Crippen MR) is 95.1 cm³/mol. The van der Waals surface area contributed by atoms with E-state index in [-0.39, 0.29) is 11.1 Å². The summed E-state index contributed by atoms with van der Waals surface area (Å²) in [6.07, 6.45) is 5.43. The standard InChI is InChI=1S/C12H14F2O.C6H8O.CH4O/c1-3-6-15-10-4-5-12(14)11(7-10)9(2)8-13;1-3-4-6(2)5-7;1-2/h4-5,7-8H,3,6H2,1-2H3;3-5H,2H2,1H3;2H,1H3/b9-8-;4-3-;. The number of aliphatic hydroxyl groups excluding tert-OH is 1. The van der Waals surface area contributed by atoms with Crippen LogP contribution in [0.2, 0.25) is 0 Å². The highest BCUT2D eigenvalue weighted by molar-refractivity contribution is 5.76. The summed E-state index contributed by atoms with van der Waals surface area (Å²) in [5.74, 6) is 0.125. The van der Waals surface area contributed by atoms with Crippen molar-refractivity contribution in [3.63, 3.8) is 0 Å². The molecule has 5 heteroatoms. The number of aliphatic hydroxyl groups is 1. The molecule has 1 rings (SSSR count). The molecule has 0 saturated heterocycles. The Bertz CT molecular complexity index is 550. The number of carbonyl (C=O) groups excluding carboxylic acids is 1. The monoisotopic (exact) mass is 340 g/mol. The highest BCUT2D eigenvalue weighted by Gasteiger charge is 2.06. The fraction of sp³-hybridized carbons (Fsp3) is 0.316. The van der Waals surface area contributed by atoms with Crippen molar-refractivity contribution >= 4 is 11.9 Å². The van der Waals surface area contributed by atoms with Crippen LogP contribution < -0.4 is 4.74 Å². The third-order valence-corrected chi connectivity index (χ3v) is 2.53. The summed E-state index contributed by atoms with van der Waals surface area (Å²) < 4.78 is 30.9. The lowest BCUT2D eigenvalue weighted by atomic mass is 10.1. The smallest absolute Gasteiger partial charge is 0.149 e. The van der Waals surface area contributed by atoms with E-state index in [1.54, 1.807) is 18.2 Å². The second-order valence-corrected chi connectivity index (χ2v) is 4.48. The Morgan fingerprint density at radius 2 is 2.00 bits per heavy atom. The second-order valence-electron chi connectivity index (χ2n) is 4.48. The lowest BCUT2D eigenvalue weighted by molar-refractivity contribution is -0.104. The van der Waals surface area contributed by atoms with Crippen LogP contribution in [0.3, 0.4) is 0 Å². The Morgan fingerprint density at radius 1 is 1.38 bits per heavy atom. The van der Waals surface area contributed by atoms with Crippen LogP contribution >= 0.6 is 0 Å². The molecule has 0 fully saturated rings. The summed E-state index contributed by atoms with van der Waals surface area (Å²) in [6, 6.07) is 4.34. The predicted octanol–water partition coefficient (Wildman–Crippen LogP) is 4.87. The number of halogens is 2. The van der Waals surface area contributed by atoms with Crippen LogP contribution in [-0.2, 0) is 4.79 Å². The molecule has 0 spiro atoms. The first-order valence-corrected chi connectivity index (χ1v) is 7.41. The molecule has 0 aliphatic heterocycles. The molecule has 0 unspecified atom stereocenters. The molecule has 134 valence electrons. The van der Waals surface area contributed by atoms with Crippen molar-refractivity contribution in [2.45, 2.75) is 27.2 Å². The van der Waals surface area contributed by atoms with Gasteiger partial charge in [-0.25, -0.2) is 8.78 Å². The minimum Gasteiger partial charge on any atom is -0.494 e. The van der Waals surface area contributed by atoms with Crippen LogP contribution in [-0.4, -0.2) is 25.1 Å². The van der Waals surface area contributed by atoms with E-state index in [9.17, 15) is 13.6 Å². The Balaban J connectivity index is 0. The van der Waals surface area contributed by atoms with Gasteiger partial charge in [0.15, 0.2) is 0 Å². The molecule has 1 aromatic carbocycles. The molecule has 0 saturated carbocycles. The third-order valence-electron chi connectivity index (χ3n) is 2.53. The number of rotatable bonds is 6. The second kappa shape index (κ2) is 15.6. The van der Waals surface area contributed by atoms with Gasteiger partial charge in [-0.2, -0.15) is 0 Å². The van der Waals surface area contributed by atoms with Gasteiger partial charge >= 0.3 is 0 Å². The van der Waals surface area contributed by atoms with E-state index in [0.717, 1.165) is 19.8 Å². The van der Waals surface area contributed by atoms with Crippen molar-refractivity contribution in [3.8, 4) is 5.75 Å². The first-order valence-electron chi connectivity index (χ1n) is 7.41. The largest absolute Gasteiger partial charge is 0.494 e. The Hall–Kier alpha value is -2.27. The van der Waals surface area contributed by atoms with Gasteiger partial charge in [0, 0.05) is 18.2 Å². The van der Waals surface area contributed by atoms with Gasteiger partial charge in [-0.1, -0.05) is 25.7 Å². The lowest BCUT2D eigenvalue weighted by Crippen LogP contribution is -1.96. The number of aldehydes is 1. The van der Waals surface area contributed by atoms with E-state index in [4.69, 9.17) is 9.84 Å². The van der Waals surface area contributed by atoms with Crippen molar-refractivity contribution < 1.29 is 23.4 Å². The van der Waals surface area contributed by atoms with Gasteiger partial charge in [0.1, 0.15) is 17.9 Å². The van der Waals surface area contributed by atoms with Gasteiger partial charge in [0.2, 0.25) is 0 Å². The zero-order chi connectivity index (χ0) is 19.0. The number of carbonyl (C=O) groups is 1. The fourth-order valence-corrected chi connectivity index (χ4v) is 1.43. The van der Waals surface area contributed by atoms with E-state index in [1.807, 2.05) is 13.8 Å². The van der Waals surface area contributed by atoms with Crippen molar-refractivity contribution in [1.82, 2.24) is 0 Å². The topological polar surface area (TPSA) is 46.5 Å². The van der Waals surface area contributed by atoms with Crippen LogP contribution in [0.5, 0.6) is 5.75 Å². The molecule has 0 radical (unpaired) electrons. The first kappa shape index (κ1) is 24.0. The number of hydrogen-bond donors (Lipinski definition) is 1. The molecule has 0 amide bonds. The van der Waals surface area contributed by atoms with Gasteiger partial charge in [0.05, 0.1) is 12.9 Å². The summed E-state index contributed by atoms with van der Waals surface area (Å²) in [6.45, 7) is 9.32. The molecule has 24 heavy (non-hydrogen) atoms. The summed E-state index contributed by atoms with van der Waals surface area (Å²) in [5, 5.41) is 7.00. The summed E-state index contributed by atoms with van der Waals surface area (Å²) >= 11 is 0. The quantitative estimate of drug-likeness (QED) is 0.456. The zero-order valence-corrected chi connectivity index (χ0v) is 14.7. The Morgan fingerprint density at radius 3 is 2.42 bits per heavy atom. The highest BCUT2D eigenvalue weighted by atomic mass is 19.1. The van der Waals surface area contributed by atoms with Gasteiger partial charge in [-0.15, -0.1) is 0 Å². The van der Waals surface area contributed by atoms with Gasteiger partial charge in [-0.05, 0) is 44.0 Å². The number of allylic oxidation sites excluding steroid dienone is 4. The molecule has 0 aliphatic carbocycles. The van der Waals surface area contributed by atoms with E-state index in [0.29, 0.717) is 24.3 Å². The molecule has 0 atom stereocenters. The maximum atomic E-state index is 13.3. The molecule has 0 aliphatic rings. The van der Waals surface area contributed by atoms with Crippen LogP contribution in [0.1, 0.15) is 32.8 Å². The molecule has 0 aromatic heterocycles. The molecule has 1 aromatic rings. The Labute approximate surface area is 143 Å². The minimum atomic E-state index is -0.440. The van der Waals surface area contributed by atoms with Crippen molar-refractivity contribution in [1.29, 1.82) is 0 Å². The summed E-state index contributed by atoms with van der Waals surface area (Å²) in [5.41, 5.74) is 1.02. The maximum absolute atomic E-state index is 13.3. The van der Waals surface area contributed by atoms with Crippen LogP contribution in [0, 0.1) is 5.82 Å². The van der Waals surface area contributed by atoms with E-state index in [1.165, 1.54) is 19.1 Å².